The average Bonchev–Trinajstić information content (AvgIpc) is 2.68. The Kier molecular flexibility index (Phi) is 5.30. The van der Waals surface area contributed by atoms with E-state index < -0.39 is 23.0 Å². The molecule has 2 aromatic carbocycles. The van der Waals surface area contributed by atoms with Crippen LogP contribution in [-0.4, -0.2) is 15.7 Å². The fourth-order valence-corrected chi connectivity index (χ4v) is 3.82. The Bertz CT molecular complexity index is 1080. The number of hydrogen-bond acceptors (Lipinski definition) is 3. The number of aromatic nitrogens is 2. The van der Waals surface area contributed by atoms with Crippen LogP contribution in [0, 0.1) is 23.4 Å². The smallest absolute Gasteiger partial charge is 0.280 e. The molecule has 4 nitrogen and oxygen atoms in total. The summed E-state index contributed by atoms with van der Waals surface area (Å²) < 4.78 is 48.7. The van der Waals surface area contributed by atoms with Gasteiger partial charge in [0.05, 0.1) is 29.9 Å². The number of rotatable bonds is 4. The van der Waals surface area contributed by atoms with Crippen molar-refractivity contribution in [3.63, 3.8) is 0 Å². The van der Waals surface area contributed by atoms with Gasteiger partial charge < -0.3 is 9.30 Å². The number of fused-ring (bicyclic) bond motifs is 1. The lowest BCUT2D eigenvalue weighted by Crippen LogP contribution is -2.23. The summed E-state index contributed by atoms with van der Waals surface area (Å²) in [7, 11) is 0. The summed E-state index contributed by atoms with van der Waals surface area (Å²) >= 11 is 0. The van der Waals surface area contributed by atoms with Crippen molar-refractivity contribution >= 4 is 10.9 Å². The van der Waals surface area contributed by atoms with Crippen molar-refractivity contribution in [2.45, 2.75) is 45.3 Å². The first-order valence-electron chi connectivity index (χ1n) is 9.70. The van der Waals surface area contributed by atoms with Gasteiger partial charge in [0, 0.05) is 17.7 Å². The molecule has 7 heteroatoms. The van der Waals surface area contributed by atoms with Gasteiger partial charge in [-0.15, -0.1) is 0 Å². The van der Waals surface area contributed by atoms with E-state index in [1.165, 1.54) is 10.9 Å². The highest BCUT2D eigenvalue weighted by Gasteiger charge is 2.20. The van der Waals surface area contributed by atoms with Crippen molar-refractivity contribution in [1.82, 2.24) is 9.55 Å². The SMILES string of the molecule is CC1CCC(Oc2ccc3c(c2)c(=O)ncn3Cc2c(F)cc(F)cc2F)CC1. The van der Waals surface area contributed by atoms with Gasteiger partial charge in [0.1, 0.15) is 23.2 Å². The highest BCUT2D eigenvalue weighted by atomic mass is 19.1. The van der Waals surface area contributed by atoms with Crippen LogP contribution in [0.3, 0.4) is 0 Å². The maximum absolute atomic E-state index is 14.0. The van der Waals surface area contributed by atoms with E-state index in [0.29, 0.717) is 34.7 Å². The summed E-state index contributed by atoms with van der Waals surface area (Å²) in [6.07, 6.45) is 5.52. The second kappa shape index (κ2) is 7.89. The maximum Gasteiger partial charge on any atom is 0.280 e. The Morgan fingerprint density at radius 1 is 1.07 bits per heavy atom. The summed E-state index contributed by atoms with van der Waals surface area (Å²) in [5.74, 6) is -1.67. The number of hydrogen-bond donors (Lipinski definition) is 0. The van der Waals surface area contributed by atoms with E-state index in [2.05, 4.69) is 11.9 Å². The molecule has 0 atom stereocenters. The zero-order chi connectivity index (χ0) is 20.5. The molecule has 152 valence electrons. The Hall–Kier alpha value is -2.83. The average molecular weight is 402 g/mol. The lowest BCUT2D eigenvalue weighted by Gasteiger charge is -2.27. The molecule has 4 rings (SSSR count). The van der Waals surface area contributed by atoms with Crippen LogP contribution in [0.5, 0.6) is 5.75 Å². The molecule has 1 saturated carbocycles. The van der Waals surface area contributed by atoms with E-state index in [0.717, 1.165) is 25.7 Å². The van der Waals surface area contributed by atoms with Gasteiger partial charge in [-0.2, -0.15) is 4.98 Å². The van der Waals surface area contributed by atoms with Gasteiger partial charge in [0.2, 0.25) is 0 Å². The van der Waals surface area contributed by atoms with Crippen LogP contribution in [0.4, 0.5) is 13.2 Å². The van der Waals surface area contributed by atoms with E-state index in [1.807, 2.05) is 0 Å². The van der Waals surface area contributed by atoms with E-state index in [1.54, 1.807) is 18.2 Å². The van der Waals surface area contributed by atoms with Gasteiger partial charge in [-0.05, 0) is 49.8 Å². The van der Waals surface area contributed by atoms with Crippen LogP contribution in [0.25, 0.3) is 10.9 Å². The summed E-state index contributed by atoms with van der Waals surface area (Å²) in [5, 5.41) is 0.303. The number of ether oxygens (including phenoxy) is 1. The lowest BCUT2D eigenvalue weighted by molar-refractivity contribution is 0.135. The molecule has 1 heterocycles. The second-order valence-electron chi connectivity index (χ2n) is 7.70. The van der Waals surface area contributed by atoms with E-state index in [9.17, 15) is 18.0 Å². The number of nitrogens with zero attached hydrogens (tertiary/aromatic N) is 2. The van der Waals surface area contributed by atoms with Crippen LogP contribution in [0.15, 0.2) is 41.5 Å². The highest BCUT2D eigenvalue weighted by molar-refractivity contribution is 5.79. The van der Waals surface area contributed by atoms with Crippen LogP contribution >= 0.6 is 0 Å². The minimum Gasteiger partial charge on any atom is -0.490 e. The molecule has 1 aliphatic carbocycles. The first-order valence-corrected chi connectivity index (χ1v) is 9.70. The minimum absolute atomic E-state index is 0.116. The molecule has 0 bridgehead atoms. The van der Waals surface area contributed by atoms with Gasteiger partial charge in [-0.1, -0.05) is 6.92 Å². The fourth-order valence-electron chi connectivity index (χ4n) is 3.82. The molecule has 1 fully saturated rings. The third-order valence-corrected chi connectivity index (χ3v) is 5.52. The molecule has 0 saturated heterocycles. The first kappa shape index (κ1) is 19.5. The lowest BCUT2D eigenvalue weighted by atomic mass is 9.89. The van der Waals surface area contributed by atoms with E-state index >= 15 is 0 Å². The zero-order valence-electron chi connectivity index (χ0n) is 16.0. The Morgan fingerprint density at radius 3 is 2.45 bits per heavy atom. The van der Waals surface area contributed by atoms with Crippen LogP contribution < -0.4 is 10.3 Å². The predicted molar refractivity (Wildman–Crippen MR) is 103 cm³/mol. The number of benzene rings is 2. The highest BCUT2D eigenvalue weighted by Crippen LogP contribution is 2.28. The van der Waals surface area contributed by atoms with Crippen molar-refractivity contribution in [2.24, 2.45) is 5.92 Å². The standard InChI is InChI=1S/C22H21F3N2O2/c1-13-2-4-15(5-3-13)29-16-6-7-21-17(10-16)22(28)26-12-27(21)11-18-19(24)8-14(23)9-20(18)25/h6-10,12-13,15H,2-5,11H2,1H3. The first-order chi connectivity index (χ1) is 13.9. The summed E-state index contributed by atoms with van der Waals surface area (Å²) in [4.78, 5) is 16.1. The van der Waals surface area contributed by atoms with Crippen LogP contribution in [0.1, 0.15) is 38.2 Å². The molecule has 3 aromatic rings. The molecule has 1 aliphatic rings. The van der Waals surface area contributed by atoms with E-state index in [4.69, 9.17) is 4.74 Å². The third kappa shape index (κ3) is 4.13. The zero-order valence-corrected chi connectivity index (χ0v) is 16.0. The summed E-state index contributed by atoms with van der Waals surface area (Å²) in [5.41, 5.74) is -0.272. The van der Waals surface area contributed by atoms with Crippen LogP contribution in [0.2, 0.25) is 0 Å². The van der Waals surface area contributed by atoms with Gasteiger partial charge >= 0.3 is 0 Å². The maximum atomic E-state index is 14.0. The van der Waals surface area contributed by atoms with Crippen molar-refractivity contribution in [2.75, 3.05) is 0 Å². The van der Waals surface area contributed by atoms with Crippen molar-refractivity contribution in [3.8, 4) is 5.75 Å². The minimum atomic E-state index is -0.985. The van der Waals surface area contributed by atoms with Gasteiger partial charge in [-0.3, -0.25) is 4.79 Å². The quantitative estimate of drug-likeness (QED) is 0.629. The topological polar surface area (TPSA) is 44.1 Å². The predicted octanol–water partition coefficient (Wildman–Crippen LogP) is 4.82. The van der Waals surface area contributed by atoms with E-state index in [-0.39, 0.29) is 18.2 Å². The molecule has 0 unspecified atom stereocenters. The molecule has 1 aromatic heterocycles. The van der Waals surface area contributed by atoms with Crippen molar-refractivity contribution in [3.05, 3.63) is 70.0 Å². The Balaban J connectivity index is 1.65. The molecule has 0 spiro atoms. The normalized spacial score (nSPS) is 19.4. The molecule has 0 amide bonds. The Morgan fingerprint density at radius 2 is 1.76 bits per heavy atom. The monoisotopic (exact) mass is 402 g/mol. The summed E-state index contributed by atoms with van der Waals surface area (Å²) in [6, 6.07) is 6.31. The van der Waals surface area contributed by atoms with Gasteiger partial charge in [0.25, 0.3) is 5.56 Å². The van der Waals surface area contributed by atoms with Gasteiger partial charge in [-0.25, -0.2) is 13.2 Å². The molecule has 0 radical (unpaired) electrons. The number of halogens is 3. The Labute approximate surface area is 166 Å². The third-order valence-electron chi connectivity index (χ3n) is 5.52. The molecular formula is C22H21F3N2O2. The fraction of sp³-hybridized carbons (Fsp3) is 0.364. The van der Waals surface area contributed by atoms with Crippen molar-refractivity contribution in [1.29, 1.82) is 0 Å². The largest absolute Gasteiger partial charge is 0.490 e. The molecule has 29 heavy (non-hydrogen) atoms. The van der Waals surface area contributed by atoms with Crippen LogP contribution in [-0.2, 0) is 6.54 Å². The van der Waals surface area contributed by atoms with Crippen molar-refractivity contribution < 1.29 is 17.9 Å². The molecule has 0 N–H and O–H groups in total. The molecular weight excluding hydrogens is 381 g/mol. The second-order valence-corrected chi connectivity index (χ2v) is 7.70. The summed E-state index contributed by atoms with van der Waals surface area (Å²) in [6.45, 7) is 2.01. The molecule has 0 aliphatic heterocycles. The van der Waals surface area contributed by atoms with Gasteiger partial charge in [0.15, 0.2) is 0 Å².